The lowest BCUT2D eigenvalue weighted by Crippen LogP contribution is -2.49. The molecule has 3 N–H and O–H groups in total. The van der Waals surface area contributed by atoms with Crippen molar-refractivity contribution in [2.24, 2.45) is 5.73 Å². The number of benzene rings is 2. The number of fused-ring (bicyclic) bond motifs is 4. The van der Waals surface area contributed by atoms with Gasteiger partial charge in [0.05, 0.1) is 12.2 Å². The van der Waals surface area contributed by atoms with E-state index >= 15 is 0 Å². The number of hydrogen-bond acceptors (Lipinski definition) is 8. The lowest BCUT2D eigenvalue weighted by atomic mass is 9.68. The molecule has 2 aliphatic rings. The highest BCUT2D eigenvalue weighted by atomic mass is 16.5. The molecule has 10 heteroatoms. The molecule has 36 heavy (non-hydrogen) atoms. The van der Waals surface area contributed by atoms with Crippen LogP contribution in [0.4, 0.5) is 5.69 Å². The fourth-order valence-corrected chi connectivity index (χ4v) is 4.85. The van der Waals surface area contributed by atoms with Gasteiger partial charge in [0.15, 0.2) is 0 Å². The average Bonchev–Trinajstić information content (AvgIpc) is 3.35. The minimum atomic E-state index is -1.71. The van der Waals surface area contributed by atoms with Gasteiger partial charge >= 0.3 is 11.9 Å². The summed E-state index contributed by atoms with van der Waals surface area (Å²) in [6, 6.07) is 16.1. The van der Waals surface area contributed by atoms with E-state index in [2.05, 4.69) is 10.2 Å². The molecule has 5 rings (SSSR count). The fraction of sp³-hybridized carbons (Fsp3) is 0.231. The number of H-pyrrole nitrogens is 1. The van der Waals surface area contributed by atoms with E-state index in [1.165, 1.54) is 4.90 Å². The first-order valence-electron chi connectivity index (χ1n) is 11.4. The lowest BCUT2D eigenvalue weighted by molar-refractivity contribution is -0.144. The third-order valence-corrected chi connectivity index (χ3v) is 6.29. The van der Waals surface area contributed by atoms with Crippen molar-refractivity contribution < 1.29 is 28.6 Å². The van der Waals surface area contributed by atoms with Crippen LogP contribution in [0.25, 0.3) is 0 Å². The first-order valence-corrected chi connectivity index (χ1v) is 11.4. The summed E-state index contributed by atoms with van der Waals surface area (Å²) < 4.78 is 16.4. The van der Waals surface area contributed by atoms with Crippen molar-refractivity contribution in [1.82, 2.24) is 10.2 Å². The Bertz CT molecular complexity index is 1400. The van der Waals surface area contributed by atoms with E-state index < -0.39 is 23.3 Å². The first-order chi connectivity index (χ1) is 17.4. The van der Waals surface area contributed by atoms with Crippen LogP contribution in [0.15, 0.2) is 66.1 Å². The number of aromatic nitrogens is 2. The predicted octanol–water partition coefficient (Wildman–Crippen LogP) is 2.22. The Hall–Kier alpha value is -4.60. The molecular weight excluding hydrogens is 464 g/mol. The minimum absolute atomic E-state index is 0.0637. The highest BCUT2D eigenvalue weighted by Gasteiger charge is 2.62. The zero-order valence-electron chi connectivity index (χ0n) is 19.7. The third-order valence-electron chi connectivity index (χ3n) is 6.29. The van der Waals surface area contributed by atoms with E-state index in [9.17, 15) is 14.4 Å². The second-order valence-corrected chi connectivity index (χ2v) is 8.40. The Labute approximate surface area is 206 Å². The van der Waals surface area contributed by atoms with Gasteiger partial charge in [-0.2, -0.15) is 0 Å². The van der Waals surface area contributed by atoms with E-state index in [1.54, 1.807) is 38.1 Å². The number of amides is 1. The number of carbonyl (C=O) groups is 3. The Morgan fingerprint density at radius 3 is 2.58 bits per heavy atom. The van der Waals surface area contributed by atoms with Crippen molar-refractivity contribution in [3.05, 3.63) is 88.4 Å². The van der Waals surface area contributed by atoms with Crippen LogP contribution in [0.1, 0.15) is 29.3 Å². The van der Waals surface area contributed by atoms with Crippen LogP contribution in [0.2, 0.25) is 0 Å². The molecule has 2 aliphatic heterocycles. The van der Waals surface area contributed by atoms with Gasteiger partial charge in [0, 0.05) is 16.9 Å². The maximum Gasteiger partial charge on any atom is 0.341 e. The van der Waals surface area contributed by atoms with Crippen LogP contribution in [-0.2, 0) is 35.9 Å². The molecular formula is C26H24N4O6. The highest BCUT2D eigenvalue weighted by molar-refractivity contribution is 6.19. The molecule has 1 amide bonds. The van der Waals surface area contributed by atoms with E-state index in [1.807, 2.05) is 30.3 Å². The van der Waals surface area contributed by atoms with E-state index in [0.29, 0.717) is 22.5 Å². The third kappa shape index (κ3) is 3.41. The van der Waals surface area contributed by atoms with Crippen molar-refractivity contribution in [2.45, 2.75) is 25.9 Å². The first kappa shape index (κ1) is 23.2. The fourth-order valence-electron chi connectivity index (χ4n) is 4.85. The Morgan fingerprint density at radius 2 is 1.83 bits per heavy atom. The standard InChI is InChI=1S/C26H24N4O6/c1-3-34-24(32)21-22(27)36-23-20(15(2)28-29-23)26(21)17-11-7-8-12-18(17)30(25(26)33)13-19(31)35-14-16-9-5-4-6-10-16/h4-12H,3,13-14,27H2,1-2H3,(H,28,29). The molecule has 1 atom stereocenters. The number of nitrogens with zero attached hydrogens (tertiary/aromatic N) is 2. The van der Waals surface area contributed by atoms with Crippen LogP contribution in [0.3, 0.4) is 0 Å². The quantitative estimate of drug-likeness (QED) is 0.504. The average molecular weight is 489 g/mol. The molecule has 1 spiro atoms. The van der Waals surface area contributed by atoms with Crippen molar-refractivity contribution in [1.29, 1.82) is 0 Å². The molecule has 0 bridgehead atoms. The van der Waals surface area contributed by atoms with Gasteiger partial charge in [-0.3, -0.25) is 19.6 Å². The Morgan fingerprint density at radius 1 is 1.11 bits per heavy atom. The van der Waals surface area contributed by atoms with E-state index in [0.717, 1.165) is 5.56 Å². The summed E-state index contributed by atoms with van der Waals surface area (Å²) in [5, 5.41) is 6.96. The molecule has 0 aliphatic carbocycles. The molecule has 3 heterocycles. The zero-order valence-corrected chi connectivity index (χ0v) is 19.7. The van der Waals surface area contributed by atoms with Gasteiger partial charge in [-0.1, -0.05) is 48.5 Å². The normalized spacial score (nSPS) is 18.1. The maximum absolute atomic E-state index is 14.4. The second-order valence-electron chi connectivity index (χ2n) is 8.40. The number of para-hydroxylation sites is 1. The summed E-state index contributed by atoms with van der Waals surface area (Å²) in [5.41, 5.74) is 6.93. The van der Waals surface area contributed by atoms with Crippen molar-refractivity contribution in [2.75, 3.05) is 18.1 Å². The summed E-state index contributed by atoms with van der Waals surface area (Å²) in [7, 11) is 0. The molecule has 184 valence electrons. The summed E-state index contributed by atoms with van der Waals surface area (Å²) >= 11 is 0. The summed E-state index contributed by atoms with van der Waals surface area (Å²) in [4.78, 5) is 41.7. The second kappa shape index (κ2) is 8.88. The molecule has 10 nitrogen and oxygen atoms in total. The van der Waals surface area contributed by atoms with Crippen LogP contribution < -0.4 is 15.4 Å². The molecule has 2 aromatic carbocycles. The number of rotatable bonds is 6. The Balaban J connectivity index is 1.60. The topological polar surface area (TPSA) is 137 Å². The number of esters is 2. The predicted molar refractivity (Wildman–Crippen MR) is 128 cm³/mol. The van der Waals surface area contributed by atoms with Crippen LogP contribution in [0.5, 0.6) is 5.88 Å². The van der Waals surface area contributed by atoms with Crippen LogP contribution in [0, 0.1) is 6.92 Å². The number of hydrogen-bond donors (Lipinski definition) is 2. The summed E-state index contributed by atoms with van der Waals surface area (Å²) in [5.74, 6) is -2.16. The van der Waals surface area contributed by atoms with E-state index in [-0.39, 0.29) is 37.1 Å². The van der Waals surface area contributed by atoms with Crippen LogP contribution in [-0.4, -0.2) is 41.2 Å². The molecule has 3 aromatic rings. The smallest absolute Gasteiger partial charge is 0.341 e. The number of nitrogens with one attached hydrogen (secondary N) is 1. The summed E-state index contributed by atoms with van der Waals surface area (Å²) in [6.45, 7) is 3.13. The number of aryl methyl sites for hydroxylation is 1. The number of carbonyl (C=O) groups excluding carboxylic acids is 3. The maximum atomic E-state index is 14.4. The SMILES string of the molecule is CCOC(=O)C1=C(N)Oc2n[nH]c(C)c2C12C(=O)N(CC(=O)OCc1ccccc1)c1ccccc12. The van der Waals surface area contributed by atoms with Gasteiger partial charge in [0.25, 0.3) is 0 Å². The van der Waals surface area contributed by atoms with E-state index in [4.69, 9.17) is 19.9 Å². The molecule has 0 radical (unpaired) electrons. The van der Waals surface area contributed by atoms with Gasteiger partial charge < -0.3 is 19.9 Å². The molecule has 1 aromatic heterocycles. The number of aromatic amines is 1. The molecule has 0 saturated carbocycles. The molecule has 1 unspecified atom stereocenters. The van der Waals surface area contributed by atoms with Gasteiger partial charge in [0.2, 0.25) is 17.7 Å². The largest absolute Gasteiger partial charge is 0.462 e. The van der Waals surface area contributed by atoms with Crippen molar-refractivity contribution in [3.63, 3.8) is 0 Å². The van der Waals surface area contributed by atoms with Gasteiger partial charge in [-0.05, 0) is 25.5 Å². The van der Waals surface area contributed by atoms with Gasteiger partial charge in [0.1, 0.15) is 24.1 Å². The lowest BCUT2D eigenvalue weighted by Gasteiger charge is -2.34. The van der Waals surface area contributed by atoms with Crippen molar-refractivity contribution in [3.8, 4) is 5.88 Å². The monoisotopic (exact) mass is 488 g/mol. The number of anilines is 1. The summed E-state index contributed by atoms with van der Waals surface area (Å²) in [6.07, 6.45) is 0. The minimum Gasteiger partial charge on any atom is -0.462 e. The number of ether oxygens (including phenoxy) is 3. The van der Waals surface area contributed by atoms with Gasteiger partial charge in [-0.15, -0.1) is 5.10 Å². The van der Waals surface area contributed by atoms with Gasteiger partial charge in [-0.25, -0.2) is 4.79 Å². The number of nitrogens with two attached hydrogens (primary N) is 1. The molecule has 0 fully saturated rings. The highest BCUT2D eigenvalue weighted by Crippen LogP contribution is 2.55. The Kier molecular flexibility index (Phi) is 5.71. The zero-order chi connectivity index (χ0) is 25.4. The van der Waals surface area contributed by atoms with Crippen molar-refractivity contribution >= 4 is 23.5 Å². The van der Waals surface area contributed by atoms with Crippen LogP contribution >= 0.6 is 0 Å². The molecule has 0 saturated heterocycles.